The molecule has 7 nitrogen and oxygen atoms in total. The number of carboxylic acids is 1. The SMILES string of the molecule is CC(C)(C)[C@H](NC(=O)c1cc(O)[nH]c(=O)c1)C(=O)O. The molecule has 1 atom stereocenters. The van der Waals surface area contributed by atoms with Gasteiger partial charge in [0, 0.05) is 12.1 Å². The van der Waals surface area contributed by atoms with E-state index in [0.29, 0.717) is 0 Å². The summed E-state index contributed by atoms with van der Waals surface area (Å²) in [6, 6.07) is 0.927. The number of hydrogen-bond acceptors (Lipinski definition) is 4. The van der Waals surface area contributed by atoms with E-state index >= 15 is 0 Å². The van der Waals surface area contributed by atoms with Crippen molar-refractivity contribution in [1.29, 1.82) is 0 Å². The van der Waals surface area contributed by atoms with E-state index in [4.69, 9.17) is 5.11 Å². The van der Waals surface area contributed by atoms with Crippen molar-refractivity contribution >= 4 is 11.9 Å². The Hall–Kier alpha value is -2.31. The third-order valence-corrected chi connectivity index (χ3v) is 2.48. The van der Waals surface area contributed by atoms with Crippen LogP contribution in [0, 0.1) is 5.41 Å². The summed E-state index contributed by atoms with van der Waals surface area (Å²) in [6.07, 6.45) is 0. The van der Waals surface area contributed by atoms with Crippen molar-refractivity contribution in [1.82, 2.24) is 10.3 Å². The van der Waals surface area contributed by atoms with Crippen LogP contribution in [0.1, 0.15) is 31.1 Å². The molecule has 1 amide bonds. The zero-order valence-electron chi connectivity index (χ0n) is 10.9. The molecule has 0 aliphatic carbocycles. The molecule has 1 aromatic rings. The van der Waals surface area contributed by atoms with Crippen LogP contribution < -0.4 is 10.9 Å². The van der Waals surface area contributed by atoms with Gasteiger partial charge in [-0.3, -0.25) is 14.6 Å². The van der Waals surface area contributed by atoms with Gasteiger partial charge in [-0.15, -0.1) is 0 Å². The van der Waals surface area contributed by atoms with Crippen LogP contribution in [0.2, 0.25) is 0 Å². The highest BCUT2D eigenvalue weighted by Gasteiger charge is 2.32. The fourth-order valence-electron chi connectivity index (χ4n) is 1.52. The van der Waals surface area contributed by atoms with Gasteiger partial charge in [-0.2, -0.15) is 0 Å². The number of carboxylic acid groups (broad SMARTS) is 1. The van der Waals surface area contributed by atoms with Gasteiger partial charge >= 0.3 is 5.97 Å². The summed E-state index contributed by atoms with van der Waals surface area (Å²) in [4.78, 5) is 36.2. The predicted molar refractivity (Wildman–Crippen MR) is 67.1 cm³/mol. The molecular weight excluding hydrogens is 252 g/mol. The Bertz CT molecular complexity index is 556. The first kappa shape index (κ1) is 14.7. The number of H-pyrrole nitrogens is 1. The Kier molecular flexibility index (Phi) is 3.98. The lowest BCUT2D eigenvalue weighted by Crippen LogP contribution is -2.49. The minimum atomic E-state index is -1.17. The molecule has 0 aromatic carbocycles. The van der Waals surface area contributed by atoms with Gasteiger partial charge in [-0.05, 0) is 5.41 Å². The fourth-order valence-corrected chi connectivity index (χ4v) is 1.52. The molecule has 0 bridgehead atoms. The fraction of sp³-hybridized carbons (Fsp3) is 0.417. The second-order valence-electron chi connectivity index (χ2n) is 5.23. The molecule has 7 heteroatoms. The lowest BCUT2D eigenvalue weighted by molar-refractivity contribution is -0.142. The van der Waals surface area contributed by atoms with Crippen molar-refractivity contribution in [3.63, 3.8) is 0 Å². The number of pyridine rings is 1. The summed E-state index contributed by atoms with van der Waals surface area (Å²) >= 11 is 0. The number of hydrogen-bond donors (Lipinski definition) is 4. The molecule has 1 heterocycles. The van der Waals surface area contributed by atoms with E-state index in [0.717, 1.165) is 12.1 Å². The first-order chi connectivity index (χ1) is 8.61. The van der Waals surface area contributed by atoms with E-state index in [1.807, 2.05) is 0 Å². The van der Waals surface area contributed by atoms with Crippen molar-refractivity contribution in [3.05, 3.63) is 28.0 Å². The highest BCUT2D eigenvalue weighted by Crippen LogP contribution is 2.20. The van der Waals surface area contributed by atoms with E-state index < -0.39 is 34.8 Å². The molecule has 0 fully saturated rings. The van der Waals surface area contributed by atoms with E-state index in [1.165, 1.54) is 0 Å². The molecule has 1 rings (SSSR count). The second-order valence-corrected chi connectivity index (χ2v) is 5.23. The normalized spacial score (nSPS) is 12.8. The van der Waals surface area contributed by atoms with Crippen molar-refractivity contribution in [2.75, 3.05) is 0 Å². The molecule has 0 spiro atoms. The van der Waals surface area contributed by atoms with Gasteiger partial charge in [0.05, 0.1) is 5.56 Å². The predicted octanol–water partition coefficient (Wildman–Crippen LogP) is 0.310. The number of aromatic amines is 1. The minimum absolute atomic E-state index is 0.100. The summed E-state index contributed by atoms with van der Waals surface area (Å²) in [7, 11) is 0. The van der Waals surface area contributed by atoms with Crippen LogP contribution in [0.5, 0.6) is 5.88 Å². The quantitative estimate of drug-likeness (QED) is 0.629. The summed E-state index contributed by atoms with van der Waals surface area (Å²) < 4.78 is 0. The molecule has 0 radical (unpaired) electrons. The number of rotatable bonds is 3. The lowest BCUT2D eigenvalue weighted by atomic mass is 9.86. The van der Waals surface area contributed by atoms with Crippen LogP contribution in [-0.2, 0) is 4.79 Å². The van der Waals surface area contributed by atoms with Gasteiger partial charge in [0.15, 0.2) is 5.88 Å². The van der Waals surface area contributed by atoms with Crippen molar-refractivity contribution in [2.24, 2.45) is 5.41 Å². The number of aromatic nitrogens is 1. The Morgan fingerprint density at radius 2 is 1.89 bits per heavy atom. The van der Waals surface area contributed by atoms with Gasteiger partial charge in [0.1, 0.15) is 6.04 Å². The van der Waals surface area contributed by atoms with Gasteiger partial charge in [-0.1, -0.05) is 20.8 Å². The molecule has 4 N–H and O–H groups in total. The number of aromatic hydroxyl groups is 1. The summed E-state index contributed by atoms with van der Waals surface area (Å²) in [5, 5.41) is 20.6. The second kappa shape index (κ2) is 5.13. The first-order valence-corrected chi connectivity index (χ1v) is 5.58. The van der Waals surface area contributed by atoms with E-state index in [-0.39, 0.29) is 5.56 Å². The van der Waals surface area contributed by atoms with E-state index in [2.05, 4.69) is 10.3 Å². The maximum Gasteiger partial charge on any atom is 0.326 e. The molecular formula is C12H16N2O5. The zero-order valence-corrected chi connectivity index (χ0v) is 10.9. The average molecular weight is 268 g/mol. The summed E-state index contributed by atoms with van der Waals surface area (Å²) in [6.45, 7) is 5.00. The summed E-state index contributed by atoms with van der Waals surface area (Å²) in [5.41, 5.74) is -1.44. The highest BCUT2D eigenvalue weighted by molar-refractivity contribution is 5.96. The van der Waals surface area contributed by atoms with Gasteiger partial charge < -0.3 is 15.5 Å². The lowest BCUT2D eigenvalue weighted by Gasteiger charge is -2.27. The van der Waals surface area contributed by atoms with Gasteiger partial charge in [0.2, 0.25) is 0 Å². The van der Waals surface area contributed by atoms with E-state index in [1.54, 1.807) is 20.8 Å². The van der Waals surface area contributed by atoms with Gasteiger partial charge in [-0.25, -0.2) is 4.79 Å². The third-order valence-electron chi connectivity index (χ3n) is 2.48. The highest BCUT2D eigenvalue weighted by atomic mass is 16.4. The molecule has 0 saturated carbocycles. The number of carbonyl (C=O) groups is 2. The monoisotopic (exact) mass is 268 g/mol. The Labute approximate surface area is 109 Å². The van der Waals surface area contributed by atoms with Crippen LogP contribution in [-0.4, -0.2) is 33.1 Å². The molecule has 0 unspecified atom stereocenters. The maximum absolute atomic E-state index is 11.9. The summed E-state index contributed by atoms with van der Waals surface area (Å²) in [5.74, 6) is -2.36. The smallest absolute Gasteiger partial charge is 0.326 e. The van der Waals surface area contributed by atoms with E-state index in [9.17, 15) is 19.5 Å². The molecule has 0 aliphatic heterocycles. The largest absolute Gasteiger partial charge is 0.494 e. The van der Waals surface area contributed by atoms with Crippen LogP contribution in [0.15, 0.2) is 16.9 Å². The number of aliphatic carboxylic acids is 1. The van der Waals surface area contributed by atoms with Crippen LogP contribution in [0.3, 0.4) is 0 Å². The molecule has 104 valence electrons. The van der Waals surface area contributed by atoms with Crippen molar-refractivity contribution < 1.29 is 19.8 Å². The third kappa shape index (κ3) is 3.84. The molecule has 1 aromatic heterocycles. The molecule has 0 aliphatic rings. The first-order valence-electron chi connectivity index (χ1n) is 5.58. The van der Waals surface area contributed by atoms with Crippen LogP contribution >= 0.6 is 0 Å². The van der Waals surface area contributed by atoms with Crippen molar-refractivity contribution in [3.8, 4) is 5.88 Å². The number of carbonyl (C=O) groups excluding carboxylic acids is 1. The Morgan fingerprint density at radius 3 is 2.32 bits per heavy atom. The minimum Gasteiger partial charge on any atom is -0.494 e. The number of nitrogens with one attached hydrogen (secondary N) is 2. The Balaban J connectivity index is 3.01. The molecule has 0 saturated heterocycles. The van der Waals surface area contributed by atoms with Crippen LogP contribution in [0.4, 0.5) is 0 Å². The number of amides is 1. The maximum atomic E-state index is 11.9. The topological polar surface area (TPSA) is 119 Å². The zero-order chi connectivity index (χ0) is 14.8. The van der Waals surface area contributed by atoms with Crippen LogP contribution in [0.25, 0.3) is 0 Å². The van der Waals surface area contributed by atoms with Gasteiger partial charge in [0.25, 0.3) is 11.5 Å². The Morgan fingerprint density at radius 1 is 1.32 bits per heavy atom. The van der Waals surface area contributed by atoms with Crippen molar-refractivity contribution in [2.45, 2.75) is 26.8 Å². The standard InChI is InChI=1S/C12H16N2O5/c1-12(2,3)9(11(18)19)14-10(17)6-4-7(15)13-8(16)5-6/h4-5,9H,1-3H3,(H,14,17)(H,18,19)(H2,13,15,16)/t9-/m1/s1. The molecule has 19 heavy (non-hydrogen) atoms. The average Bonchev–Trinajstić information content (AvgIpc) is 2.21.